The molecule has 1 aromatic rings. The first-order valence-corrected chi connectivity index (χ1v) is 5.87. The maximum absolute atomic E-state index is 13.5. The van der Waals surface area contributed by atoms with Crippen LogP contribution in [0.4, 0.5) is 17.6 Å². The van der Waals surface area contributed by atoms with E-state index in [9.17, 15) is 22.4 Å². The molecule has 0 spiro atoms. The monoisotopic (exact) mass is 312 g/mol. The Bertz CT molecular complexity index is 491. The molecule has 1 aromatic carbocycles. The average Bonchev–Trinajstić information content (AvgIpc) is 2.34. The largest absolute Gasteiger partial charge is 0.490 e. The number of alkyl halides is 3. The first-order valence-electron chi connectivity index (χ1n) is 5.49. The number of rotatable bonds is 5. The number of carbonyl (C=O) groups excluding carboxylic acids is 1. The van der Waals surface area contributed by atoms with Crippen LogP contribution in [0.15, 0.2) is 12.1 Å². The Morgan fingerprint density at radius 2 is 2.10 bits per heavy atom. The molecule has 8 heteroatoms. The molecule has 0 aliphatic carbocycles. The van der Waals surface area contributed by atoms with E-state index in [1.165, 1.54) is 0 Å². The minimum Gasteiger partial charge on any atom is -0.490 e. The molecule has 0 aliphatic heterocycles. The molecular weight excluding hydrogens is 302 g/mol. The van der Waals surface area contributed by atoms with E-state index in [0.717, 1.165) is 12.1 Å². The van der Waals surface area contributed by atoms with Gasteiger partial charge in [-0.15, -0.1) is 0 Å². The highest BCUT2D eigenvalue weighted by atomic mass is 35.5. The molecule has 0 bridgehead atoms. The van der Waals surface area contributed by atoms with Crippen molar-refractivity contribution in [3.05, 3.63) is 35.0 Å². The van der Waals surface area contributed by atoms with Crippen molar-refractivity contribution in [2.75, 3.05) is 13.2 Å². The average molecular weight is 313 g/mol. The molecule has 3 nitrogen and oxygen atoms in total. The van der Waals surface area contributed by atoms with E-state index in [2.05, 4.69) is 0 Å². The first-order chi connectivity index (χ1) is 9.24. The molecular formula is C12H11ClF4NO2. The Morgan fingerprint density at radius 1 is 1.45 bits per heavy atom. The van der Waals surface area contributed by atoms with Crippen LogP contribution >= 0.6 is 11.6 Å². The zero-order chi connectivity index (χ0) is 15.3. The first kappa shape index (κ1) is 16.6. The van der Waals surface area contributed by atoms with Crippen molar-refractivity contribution >= 4 is 17.5 Å². The lowest BCUT2D eigenvalue weighted by Crippen LogP contribution is -2.33. The van der Waals surface area contributed by atoms with E-state index in [4.69, 9.17) is 16.3 Å². The third kappa shape index (κ3) is 4.88. The summed E-state index contributed by atoms with van der Waals surface area (Å²) in [4.78, 5) is 11.6. The third-order valence-corrected chi connectivity index (χ3v) is 2.43. The van der Waals surface area contributed by atoms with E-state index in [1.54, 1.807) is 18.7 Å². The van der Waals surface area contributed by atoms with Gasteiger partial charge in [0.2, 0.25) is 0 Å². The lowest BCUT2D eigenvalue weighted by molar-refractivity contribution is -0.123. The summed E-state index contributed by atoms with van der Waals surface area (Å²) in [6, 6.07) is 1.78. The third-order valence-electron chi connectivity index (χ3n) is 2.12. The number of benzene rings is 1. The fourth-order valence-corrected chi connectivity index (χ4v) is 1.50. The van der Waals surface area contributed by atoms with Crippen LogP contribution in [0.2, 0.25) is 5.02 Å². The molecule has 1 amide bonds. The van der Waals surface area contributed by atoms with Crippen LogP contribution < -0.4 is 10.1 Å². The fourth-order valence-electron chi connectivity index (χ4n) is 1.26. The van der Waals surface area contributed by atoms with Crippen LogP contribution in [0.25, 0.3) is 0 Å². The van der Waals surface area contributed by atoms with E-state index >= 15 is 0 Å². The Hall–Kier alpha value is -1.50. The zero-order valence-electron chi connectivity index (χ0n) is 10.4. The van der Waals surface area contributed by atoms with Gasteiger partial charge in [0.05, 0.1) is 17.2 Å². The van der Waals surface area contributed by atoms with Gasteiger partial charge in [0.1, 0.15) is 6.54 Å². The topological polar surface area (TPSA) is 38.3 Å². The van der Waals surface area contributed by atoms with Gasteiger partial charge in [0.15, 0.2) is 11.6 Å². The number of carbonyl (C=O) groups is 1. The van der Waals surface area contributed by atoms with Crippen LogP contribution in [0.1, 0.15) is 17.3 Å². The maximum Gasteiger partial charge on any atom is 0.405 e. The molecule has 111 valence electrons. The molecule has 1 N–H and O–H groups in total. The van der Waals surface area contributed by atoms with Gasteiger partial charge >= 0.3 is 6.18 Å². The molecule has 1 rings (SSSR count). The number of hydrogen-bond acceptors (Lipinski definition) is 2. The number of ether oxygens (including phenoxy) is 1. The lowest BCUT2D eigenvalue weighted by Gasteiger charge is -2.12. The van der Waals surface area contributed by atoms with E-state index < -0.39 is 24.4 Å². The van der Waals surface area contributed by atoms with Gasteiger partial charge in [0.25, 0.3) is 5.91 Å². The minimum atomic E-state index is -4.54. The smallest absolute Gasteiger partial charge is 0.405 e. The van der Waals surface area contributed by atoms with Crippen molar-refractivity contribution in [1.82, 2.24) is 5.32 Å². The number of nitrogens with one attached hydrogen (secondary N) is 1. The van der Waals surface area contributed by atoms with Gasteiger partial charge in [-0.1, -0.05) is 18.5 Å². The Kier molecular flexibility index (Phi) is 5.62. The molecule has 0 saturated heterocycles. The van der Waals surface area contributed by atoms with Crippen molar-refractivity contribution in [2.45, 2.75) is 13.1 Å². The molecule has 0 aliphatic rings. The highest BCUT2D eigenvalue weighted by Crippen LogP contribution is 2.26. The number of amides is 1. The molecule has 0 heterocycles. The molecule has 0 unspecified atom stereocenters. The van der Waals surface area contributed by atoms with Crippen LogP contribution in [0.5, 0.6) is 5.75 Å². The number of hydrogen-bond donors (Lipinski definition) is 1. The summed E-state index contributed by atoms with van der Waals surface area (Å²) in [5, 5.41) is 1.35. The standard InChI is InChI=1S/C12H11ClF4NO2/c1-2-3-20-10-4-7(8(13)5-9(10)14)11(19)18-6-12(15,16)17/h2,4-5H,3,6H2,1H3,(H,18,19). The summed E-state index contributed by atoms with van der Waals surface area (Å²) >= 11 is 5.63. The van der Waals surface area contributed by atoms with Gasteiger partial charge in [-0.2, -0.15) is 13.2 Å². The van der Waals surface area contributed by atoms with Crippen molar-refractivity contribution < 1.29 is 27.1 Å². The van der Waals surface area contributed by atoms with Gasteiger partial charge in [-0.3, -0.25) is 4.79 Å². The quantitative estimate of drug-likeness (QED) is 0.847. The van der Waals surface area contributed by atoms with Crippen LogP contribution in [0, 0.1) is 12.2 Å². The zero-order valence-corrected chi connectivity index (χ0v) is 11.1. The predicted octanol–water partition coefficient (Wildman–Crippen LogP) is 3.37. The van der Waals surface area contributed by atoms with E-state index in [-0.39, 0.29) is 22.9 Å². The SMILES string of the molecule is C[CH]COc1cc(C(=O)NCC(F)(F)F)c(Cl)cc1F. The summed E-state index contributed by atoms with van der Waals surface area (Å²) in [5.41, 5.74) is -0.289. The number of halogens is 5. The van der Waals surface area contributed by atoms with Gasteiger partial charge in [-0.25, -0.2) is 4.39 Å². The molecule has 1 radical (unpaired) electrons. The summed E-state index contributed by atoms with van der Waals surface area (Å²) in [5.74, 6) is -2.12. The second kappa shape index (κ2) is 6.78. The molecule has 0 atom stereocenters. The van der Waals surface area contributed by atoms with Crippen molar-refractivity contribution in [3.8, 4) is 5.75 Å². The van der Waals surface area contributed by atoms with Gasteiger partial charge < -0.3 is 10.1 Å². The van der Waals surface area contributed by atoms with Crippen LogP contribution in [-0.2, 0) is 0 Å². The van der Waals surface area contributed by atoms with Crippen molar-refractivity contribution in [3.63, 3.8) is 0 Å². The summed E-state index contributed by atoms with van der Waals surface area (Å²) < 4.78 is 54.5. The highest BCUT2D eigenvalue weighted by Gasteiger charge is 2.28. The minimum absolute atomic E-state index is 0.0855. The normalized spacial score (nSPS) is 11.3. The van der Waals surface area contributed by atoms with E-state index in [0.29, 0.717) is 0 Å². The Labute approximate surface area is 117 Å². The van der Waals surface area contributed by atoms with Crippen LogP contribution in [0.3, 0.4) is 0 Å². The molecule has 0 saturated carbocycles. The summed E-state index contributed by atoms with van der Waals surface area (Å²) in [7, 11) is 0. The van der Waals surface area contributed by atoms with Crippen molar-refractivity contribution in [1.29, 1.82) is 0 Å². The van der Waals surface area contributed by atoms with Crippen molar-refractivity contribution in [2.24, 2.45) is 0 Å². The maximum atomic E-state index is 13.5. The van der Waals surface area contributed by atoms with Crippen LogP contribution in [-0.4, -0.2) is 25.2 Å². The van der Waals surface area contributed by atoms with E-state index in [1.807, 2.05) is 0 Å². The molecule has 20 heavy (non-hydrogen) atoms. The predicted molar refractivity (Wildman–Crippen MR) is 65.3 cm³/mol. The Morgan fingerprint density at radius 3 is 2.65 bits per heavy atom. The summed E-state index contributed by atoms with van der Waals surface area (Å²) in [6.07, 6.45) is -2.95. The summed E-state index contributed by atoms with van der Waals surface area (Å²) in [6.45, 7) is 0.255. The Balaban J connectivity index is 2.90. The lowest BCUT2D eigenvalue weighted by atomic mass is 10.2. The molecule has 0 aromatic heterocycles. The second-order valence-electron chi connectivity index (χ2n) is 3.78. The highest BCUT2D eigenvalue weighted by molar-refractivity contribution is 6.33. The van der Waals surface area contributed by atoms with Gasteiger partial charge in [0, 0.05) is 0 Å². The molecule has 0 fully saturated rings. The fraction of sp³-hybridized carbons (Fsp3) is 0.333. The second-order valence-corrected chi connectivity index (χ2v) is 4.19. The van der Waals surface area contributed by atoms with Gasteiger partial charge in [-0.05, 0) is 18.6 Å².